The third-order valence-corrected chi connectivity index (χ3v) is 4.74. The molecule has 0 aliphatic carbocycles. The van der Waals surface area contributed by atoms with Crippen LogP contribution in [0.5, 0.6) is 11.5 Å². The smallest absolute Gasteiger partial charge is 0.454 e. The van der Waals surface area contributed by atoms with Gasteiger partial charge in [0.25, 0.3) is 0 Å². The fourth-order valence-electron chi connectivity index (χ4n) is 3.50. The molecule has 132 valence electrons. The number of ether oxygens (including phenoxy) is 2. The van der Waals surface area contributed by atoms with Gasteiger partial charge in [0.05, 0.1) is 13.7 Å². The zero-order valence-electron chi connectivity index (χ0n) is 15.2. The van der Waals surface area contributed by atoms with Crippen LogP contribution in [0.3, 0.4) is 0 Å². The van der Waals surface area contributed by atoms with Crippen molar-refractivity contribution in [2.75, 3.05) is 20.3 Å². The van der Waals surface area contributed by atoms with Crippen molar-refractivity contribution in [3.63, 3.8) is 0 Å². The maximum absolute atomic E-state index is 9.67. The molecule has 1 saturated heterocycles. The average molecular weight is 341 g/mol. The molecule has 0 unspecified atom stereocenters. The number of hydrogen-bond acceptors (Lipinski definition) is 5. The summed E-state index contributed by atoms with van der Waals surface area (Å²) in [5, 5.41) is 9.67. The molecule has 1 aromatic heterocycles. The van der Waals surface area contributed by atoms with Gasteiger partial charge < -0.3 is 19.2 Å². The van der Waals surface area contributed by atoms with Crippen molar-refractivity contribution in [3.8, 4) is 22.6 Å². The first-order valence-corrected chi connectivity index (χ1v) is 8.62. The molecule has 5 nitrogen and oxygen atoms in total. The number of aromatic nitrogens is 1. The lowest BCUT2D eigenvalue weighted by molar-refractivity contribution is 0.292. The second-order valence-electron chi connectivity index (χ2n) is 6.32. The maximum Gasteiger partial charge on any atom is 0.454 e. The predicted molar refractivity (Wildman–Crippen MR) is 98.3 cm³/mol. The zero-order chi connectivity index (χ0) is 18.0. The van der Waals surface area contributed by atoms with Crippen LogP contribution in [0.1, 0.15) is 29.7 Å². The Kier molecular flexibility index (Phi) is 5.30. The highest BCUT2D eigenvalue weighted by Gasteiger charge is 2.31. The molecule has 0 amide bonds. The molecule has 1 aliphatic heterocycles. The van der Waals surface area contributed by atoms with E-state index in [0.29, 0.717) is 19.5 Å². The van der Waals surface area contributed by atoms with Gasteiger partial charge in [-0.2, -0.15) is 0 Å². The lowest BCUT2D eigenvalue weighted by atomic mass is 9.78. The van der Waals surface area contributed by atoms with Crippen LogP contribution in [0.2, 0.25) is 6.32 Å². The predicted octanol–water partition coefficient (Wildman–Crippen LogP) is 3.37. The van der Waals surface area contributed by atoms with Crippen LogP contribution in [-0.2, 0) is 4.65 Å². The van der Waals surface area contributed by atoms with E-state index < -0.39 is 7.12 Å². The second kappa shape index (κ2) is 7.46. The topological polar surface area (TPSA) is 60.8 Å². The minimum atomic E-state index is -0.681. The lowest BCUT2D eigenvalue weighted by Gasteiger charge is -2.18. The third-order valence-electron chi connectivity index (χ3n) is 4.74. The van der Waals surface area contributed by atoms with Gasteiger partial charge in [0.15, 0.2) is 11.5 Å². The van der Waals surface area contributed by atoms with Gasteiger partial charge in [0.1, 0.15) is 0 Å². The normalized spacial score (nSPS) is 17.0. The van der Waals surface area contributed by atoms with Gasteiger partial charge >= 0.3 is 7.12 Å². The molecule has 0 bridgehead atoms. The molecular formula is C19H24BNO4. The standard InChI is InChI=1S/C19H24BNO4/c1-5-24-18-8-14(6-7-17(18)23-4)19-12(2)16(10-21-13(19)3)15-9-20(22)25-11-15/h6-8,10,15,22H,5,9,11H2,1-4H3/t15-/m1/s1. The van der Waals surface area contributed by atoms with Crippen LogP contribution in [0.25, 0.3) is 11.1 Å². The summed E-state index contributed by atoms with van der Waals surface area (Å²) in [7, 11) is 0.960. The van der Waals surface area contributed by atoms with Gasteiger partial charge in [-0.3, -0.25) is 4.98 Å². The van der Waals surface area contributed by atoms with Crippen molar-refractivity contribution in [3.05, 3.63) is 41.2 Å². The van der Waals surface area contributed by atoms with Crippen molar-refractivity contribution in [2.45, 2.75) is 33.0 Å². The first-order chi connectivity index (χ1) is 12.0. The summed E-state index contributed by atoms with van der Waals surface area (Å²) in [6, 6.07) is 5.96. The van der Waals surface area contributed by atoms with Gasteiger partial charge in [0, 0.05) is 30.0 Å². The summed E-state index contributed by atoms with van der Waals surface area (Å²) in [5.41, 5.74) is 5.41. The van der Waals surface area contributed by atoms with Gasteiger partial charge in [-0.25, -0.2) is 0 Å². The molecule has 1 aromatic carbocycles. The van der Waals surface area contributed by atoms with E-state index in [1.807, 2.05) is 38.2 Å². The van der Waals surface area contributed by atoms with Crippen molar-refractivity contribution in [1.82, 2.24) is 4.98 Å². The summed E-state index contributed by atoms with van der Waals surface area (Å²) in [5.74, 6) is 1.62. The Balaban J connectivity index is 2.06. The number of aryl methyl sites for hydroxylation is 1. The first kappa shape index (κ1) is 17.8. The maximum atomic E-state index is 9.67. The van der Waals surface area contributed by atoms with E-state index in [1.165, 1.54) is 5.56 Å². The molecule has 1 N–H and O–H groups in total. The quantitative estimate of drug-likeness (QED) is 0.845. The van der Waals surface area contributed by atoms with E-state index in [0.717, 1.165) is 33.9 Å². The van der Waals surface area contributed by atoms with E-state index in [9.17, 15) is 5.02 Å². The number of methoxy groups -OCH3 is 1. The van der Waals surface area contributed by atoms with E-state index in [1.54, 1.807) is 7.11 Å². The van der Waals surface area contributed by atoms with E-state index in [4.69, 9.17) is 14.1 Å². The Morgan fingerprint density at radius 3 is 2.76 bits per heavy atom. The largest absolute Gasteiger partial charge is 0.493 e. The molecular weight excluding hydrogens is 317 g/mol. The van der Waals surface area contributed by atoms with Crippen LogP contribution in [0.15, 0.2) is 24.4 Å². The summed E-state index contributed by atoms with van der Waals surface area (Å²) in [4.78, 5) is 4.59. The summed E-state index contributed by atoms with van der Waals surface area (Å²) in [6.45, 7) is 7.17. The van der Waals surface area contributed by atoms with Gasteiger partial charge in [-0.05, 0) is 55.9 Å². The van der Waals surface area contributed by atoms with E-state index in [-0.39, 0.29) is 5.92 Å². The molecule has 2 heterocycles. The van der Waals surface area contributed by atoms with Crippen molar-refractivity contribution in [1.29, 1.82) is 0 Å². The van der Waals surface area contributed by atoms with Crippen molar-refractivity contribution >= 4 is 7.12 Å². The number of benzene rings is 1. The molecule has 1 atom stereocenters. The highest BCUT2D eigenvalue weighted by atomic mass is 16.5. The Hall–Kier alpha value is -2.05. The Morgan fingerprint density at radius 2 is 2.12 bits per heavy atom. The van der Waals surface area contributed by atoms with Crippen molar-refractivity contribution in [2.24, 2.45) is 0 Å². The number of pyridine rings is 1. The molecule has 0 radical (unpaired) electrons. The van der Waals surface area contributed by atoms with E-state index >= 15 is 0 Å². The third kappa shape index (κ3) is 3.50. The highest BCUT2D eigenvalue weighted by molar-refractivity contribution is 6.43. The Labute approximate surface area is 149 Å². The minimum Gasteiger partial charge on any atom is -0.493 e. The molecule has 2 aromatic rings. The number of hydrogen-bond donors (Lipinski definition) is 1. The Bertz CT molecular complexity index is 765. The van der Waals surface area contributed by atoms with Crippen molar-refractivity contribution < 1.29 is 19.2 Å². The zero-order valence-corrected chi connectivity index (χ0v) is 15.2. The van der Waals surface area contributed by atoms with Crippen LogP contribution < -0.4 is 9.47 Å². The average Bonchev–Trinajstić information content (AvgIpc) is 3.02. The monoisotopic (exact) mass is 341 g/mol. The molecule has 0 saturated carbocycles. The molecule has 1 fully saturated rings. The summed E-state index contributed by atoms with van der Waals surface area (Å²) >= 11 is 0. The second-order valence-corrected chi connectivity index (χ2v) is 6.32. The first-order valence-electron chi connectivity index (χ1n) is 8.62. The molecule has 1 aliphatic rings. The van der Waals surface area contributed by atoms with Gasteiger partial charge in [-0.15, -0.1) is 0 Å². The fourth-order valence-corrected chi connectivity index (χ4v) is 3.50. The molecule has 0 spiro atoms. The van der Waals surface area contributed by atoms with E-state index in [2.05, 4.69) is 11.9 Å². The summed E-state index contributed by atoms with van der Waals surface area (Å²) in [6.07, 6.45) is 2.52. The van der Waals surface area contributed by atoms with Gasteiger partial charge in [0.2, 0.25) is 0 Å². The van der Waals surface area contributed by atoms with Crippen LogP contribution in [0.4, 0.5) is 0 Å². The lowest BCUT2D eigenvalue weighted by Crippen LogP contribution is -2.08. The van der Waals surface area contributed by atoms with Crippen LogP contribution in [-0.4, -0.2) is 37.4 Å². The molecule has 25 heavy (non-hydrogen) atoms. The minimum absolute atomic E-state index is 0.173. The number of nitrogens with zero attached hydrogens (tertiary/aromatic N) is 1. The van der Waals surface area contributed by atoms with Crippen LogP contribution in [0, 0.1) is 13.8 Å². The summed E-state index contributed by atoms with van der Waals surface area (Å²) < 4.78 is 16.4. The highest BCUT2D eigenvalue weighted by Crippen LogP contribution is 2.38. The van der Waals surface area contributed by atoms with Gasteiger partial charge in [-0.1, -0.05) is 6.07 Å². The fraction of sp³-hybridized carbons (Fsp3) is 0.421. The Morgan fingerprint density at radius 1 is 1.32 bits per heavy atom. The SMILES string of the molecule is CCOc1cc(-c2c(C)ncc([C@H]3COB(O)C3)c2C)ccc1OC. The molecule has 3 rings (SSSR count). The number of rotatable bonds is 5. The van der Waals surface area contributed by atoms with Crippen LogP contribution >= 0.6 is 0 Å². The molecule has 6 heteroatoms.